The number of methoxy groups -OCH3 is 1. The maximum absolute atomic E-state index is 13.5. The number of aromatic amines is 1. The molecule has 0 saturated carbocycles. The second kappa shape index (κ2) is 8.63. The Kier molecular flexibility index (Phi) is 5.49. The van der Waals surface area contributed by atoms with Crippen LogP contribution < -0.4 is 10.3 Å². The van der Waals surface area contributed by atoms with Gasteiger partial charge in [-0.3, -0.25) is 9.59 Å². The Morgan fingerprint density at radius 1 is 1.03 bits per heavy atom. The van der Waals surface area contributed by atoms with Gasteiger partial charge in [-0.15, -0.1) is 0 Å². The largest absolute Gasteiger partial charge is 0.497 e. The summed E-state index contributed by atoms with van der Waals surface area (Å²) in [4.78, 5) is 29.1. The van der Waals surface area contributed by atoms with E-state index in [4.69, 9.17) is 4.74 Å². The van der Waals surface area contributed by atoms with Crippen molar-refractivity contribution in [1.82, 2.24) is 9.99 Å². The molecule has 0 saturated heterocycles. The van der Waals surface area contributed by atoms with Crippen LogP contribution in [0.5, 0.6) is 5.75 Å². The van der Waals surface area contributed by atoms with Gasteiger partial charge in [-0.2, -0.15) is 5.10 Å². The first-order chi connectivity index (χ1) is 16.5. The highest BCUT2D eigenvalue weighted by Crippen LogP contribution is 2.37. The summed E-state index contributed by atoms with van der Waals surface area (Å²) >= 11 is 0. The molecule has 4 aromatic rings. The van der Waals surface area contributed by atoms with E-state index in [9.17, 15) is 9.59 Å². The normalized spacial score (nSPS) is 15.4. The van der Waals surface area contributed by atoms with Crippen molar-refractivity contribution in [1.29, 1.82) is 0 Å². The summed E-state index contributed by atoms with van der Waals surface area (Å²) in [5.41, 5.74) is 5.37. The molecule has 0 aliphatic carbocycles. The third kappa shape index (κ3) is 3.77. The first-order valence-corrected chi connectivity index (χ1v) is 11.2. The third-order valence-corrected chi connectivity index (χ3v) is 6.23. The van der Waals surface area contributed by atoms with Crippen LogP contribution in [0.4, 0.5) is 0 Å². The number of carbonyl (C=O) groups excluding carboxylic acids is 1. The van der Waals surface area contributed by atoms with Crippen LogP contribution in [0.3, 0.4) is 0 Å². The lowest BCUT2D eigenvalue weighted by atomic mass is 9.90. The van der Waals surface area contributed by atoms with E-state index in [1.807, 2.05) is 79.7 Å². The van der Waals surface area contributed by atoms with Crippen LogP contribution in [-0.2, 0) is 4.79 Å². The maximum Gasteiger partial charge on any atom is 0.258 e. The van der Waals surface area contributed by atoms with Gasteiger partial charge in [0.1, 0.15) is 5.75 Å². The zero-order chi connectivity index (χ0) is 23.8. The Labute approximate surface area is 197 Å². The van der Waals surface area contributed by atoms with Crippen molar-refractivity contribution in [3.8, 4) is 16.9 Å². The third-order valence-electron chi connectivity index (χ3n) is 6.23. The molecule has 6 heteroatoms. The number of aryl methyl sites for hydroxylation is 1. The van der Waals surface area contributed by atoms with E-state index in [2.05, 4.69) is 10.1 Å². The highest BCUT2D eigenvalue weighted by Gasteiger charge is 2.34. The average molecular weight is 452 g/mol. The van der Waals surface area contributed by atoms with E-state index in [1.165, 1.54) is 11.9 Å². The number of hydrogen-bond donors (Lipinski definition) is 1. The SMILES string of the molecule is COc1cccc([C@H]2CC(c3c(-c4ccccc4)c4ccc(C)cc4[nH]c3=O)=NN2C(C)=O)c1. The molecule has 0 bridgehead atoms. The number of aromatic nitrogens is 1. The molecule has 3 aromatic carbocycles. The smallest absolute Gasteiger partial charge is 0.258 e. The number of ether oxygens (including phenoxy) is 1. The molecule has 1 aliphatic rings. The summed E-state index contributed by atoms with van der Waals surface area (Å²) in [6, 6.07) is 23.2. The van der Waals surface area contributed by atoms with E-state index < -0.39 is 0 Å². The highest BCUT2D eigenvalue weighted by atomic mass is 16.5. The summed E-state index contributed by atoms with van der Waals surface area (Å²) in [7, 11) is 1.61. The molecule has 34 heavy (non-hydrogen) atoms. The molecule has 1 amide bonds. The van der Waals surface area contributed by atoms with Gasteiger partial charge in [-0.1, -0.05) is 54.6 Å². The molecule has 1 N–H and O–H groups in total. The molecule has 170 valence electrons. The predicted molar refractivity (Wildman–Crippen MR) is 134 cm³/mol. The number of nitrogens with one attached hydrogen (secondary N) is 1. The van der Waals surface area contributed by atoms with Crippen LogP contribution >= 0.6 is 0 Å². The lowest BCUT2D eigenvalue weighted by Gasteiger charge is -2.20. The van der Waals surface area contributed by atoms with Gasteiger partial charge in [0.2, 0.25) is 5.91 Å². The Balaban J connectivity index is 1.72. The number of hydrogen-bond acceptors (Lipinski definition) is 4. The van der Waals surface area contributed by atoms with Gasteiger partial charge in [-0.05, 0) is 41.8 Å². The monoisotopic (exact) mass is 451 g/mol. The highest BCUT2D eigenvalue weighted by molar-refractivity contribution is 6.12. The topological polar surface area (TPSA) is 74.8 Å². The number of carbonyl (C=O) groups is 1. The zero-order valence-electron chi connectivity index (χ0n) is 19.3. The molecular weight excluding hydrogens is 426 g/mol. The second-order valence-corrected chi connectivity index (χ2v) is 8.53. The van der Waals surface area contributed by atoms with Crippen molar-refractivity contribution >= 4 is 22.5 Å². The van der Waals surface area contributed by atoms with Crippen molar-refractivity contribution in [3.05, 3.63) is 99.8 Å². The molecule has 0 unspecified atom stereocenters. The quantitative estimate of drug-likeness (QED) is 0.463. The van der Waals surface area contributed by atoms with E-state index in [0.717, 1.165) is 33.2 Å². The van der Waals surface area contributed by atoms with Gasteiger partial charge in [-0.25, -0.2) is 5.01 Å². The fraction of sp³-hybridized carbons (Fsp3) is 0.179. The number of hydrazone groups is 1. The van der Waals surface area contributed by atoms with E-state index in [0.29, 0.717) is 23.4 Å². The fourth-order valence-corrected chi connectivity index (χ4v) is 4.65. The van der Waals surface area contributed by atoms with Gasteiger partial charge in [0.15, 0.2) is 0 Å². The number of pyridine rings is 1. The summed E-state index contributed by atoms with van der Waals surface area (Å²) in [6.45, 7) is 3.49. The first kappa shape index (κ1) is 21.6. The van der Waals surface area contributed by atoms with Crippen LogP contribution in [0.25, 0.3) is 22.0 Å². The maximum atomic E-state index is 13.5. The van der Waals surface area contributed by atoms with E-state index in [-0.39, 0.29) is 17.5 Å². The Morgan fingerprint density at radius 3 is 2.56 bits per heavy atom. The van der Waals surface area contributed by atoms with Gasteiger partial charge in [0, 0.05) is 29.8 Å². The van der Waals surface area contributed by atoms with Crippen LogP contribution in [0, 0.1) is 6.92 Å². The minimum atomic E-state index is -0.320. The minimum absolute atomic E-state index is 0.183. The molecule has 1 aliphatic heterocycles. The zero-order valence-corrected chi connectivity index (χ0v) is 19.3. The van der Waals surface area contributed by atoms with Crippen LogP contribution in [0.2, 0.25) is 0 Å². The van der Waals surface area contributed by atoms with Crippen molar-refractivity contribution in [3.63, 3.8) is 0 Å². The molecule has 1 aromatic heterocycles. The summed E-state index contributed by atoms with van der Waals surface area (Å²) < 4.78 is 5.38. The lowest BCUT2D eigenvalue weighted by molar-refractivity contribution is -0.130. The average Bonchev–Trinajstić information content (AvgIpc) is 3.29. The summed E-state index contributed by atoms with van der Waals surface area (Å²) in [5.74, 6) is 0.523. The summed E-state index contributed by atoms with van der Waals surface area (Å²) in [6.07, 6.45) is 0.424. The van der Waals surface area contributed by atoms with Gasteiger partial charge in [0.25, 0.3) is 5.56 Å². The second-order valence-electron chi connectivity index (χ2n) is 8.53. The van der Waals surface area contributed by atoms with Crippen LogP contribution in [0.15, 0.2) is 82.7 Å². The number of rotatable bonds is 4. The molecule has 2 heterocycles. The van der Waals surface area contributed by atoms with Crippen LogP contribution in [0.1, 0.15) is 36.1 Å². The van der Waals surface area contributed by atoms with Crippen molar-refractivity contribution in [2.45, 2.75) is 26.3 Å². The van der Waals surface area contributed by atoms with Gasteiger partial charge >= 0.3 is 0 Å². The number of amides is 1. The fourth-order valence-electron chi connectivity index (χ4n) is 4.65. The molecule has 0 radical (unpaired) electrons. The molecule has 1 atom stereocenters. The number of fused-ring (bicyclic) bond motifs is 1. The van der Waals surface area contributed by atoms with Crippen LogP contribution in [-0.4, -0.2) is 28.7 Å². The minimum Gasteiger partial charge on any atom is -0.497 e. The Bertz CT molecular complexity index is 1490. The number of benzene rings is 3. The Morgan fingerprint density at radius 2 is 1.82 bits per heavy atom. The van der Waals surface area contributed by atoms with E-state index >= 15 is 0 Å². The summed E-state index contributed by atoms with van der Waals surface area (Å²) in [5, 5.41) is 7.09. The molecule has 0 spiro atoms. The van der Waals surface area contributed by atoms with Gasteiger partial charge < -0.3 is 9.72 Å². The molecular formula is C28H25N3O3. The predicted octanol–water partition coefficient (Wildman–Crippen LogP) is 5.21. The van der Waals surface area contributed by atoms with Crippen molar-refractivity contribution in [2.75, 3.05) is 7.11 Å². The van der Waals surface area contributed by atoms with Crippen molar-refractivity contribution < 1.29 is 9.53 Å². The van der Waals surface area contributed by atoms with E-state index in [1.54, 1.807) is 7.11 Å². The molecule has 6 nitrogen and oxygen atoms in total. The van der Waals surface area contributed by atoms with Gasteiger partial charge in [0.05, 0.1) is 24.4 Å². The Hall–Kier alpha value is -4.19. The first-order valence-electron chi connectivity index (χ1n) is 11.2. The molecule has 0 fully saturated rings. The molecule has 5 rings (SSSR count). The number of H-pyrrole nitrogens is 1. The number of nitrogens with zero attached hydrogens (tertiary/aromatic N) is 2. The lowest BCUT2D eigenvalue weighted by Crippen LogP contribution is -2.24. The van der Waals surface area contributed by atoms with Crippen molar-refractivity contribution in [2.24, 2.45) is 5.10 Å². The standard InChI is InChI=1S/C28H25N3O3/c1-17-12-13-22-23(14-17)29-28(33)27(26(22)19-8-5-4-6-9-19)24-16-25(31(30-24)18(2)32)20-10-7-11-21(15-20)34-3/h4-15,25H,16H2,1-3H3,(H,29,33)/t25-/m1/s1.